The number of nitrogens with one attached hydrogen (secondary N) is 1. The van der Waals surface area contributed by atoms with Crippen LogP contribution >= 0.6 is 0 Å². The Kier molecular flexibility index (Phi) is 10.6. The number of rotatable bonds is 14. The van der Waals surface area contributed by atoms with Gasteiger partial charge in [-0.1, -0.05) is 13.3 Å². The Bertz CT molecular complexity index is 475. The quantitative estimate of drug-likeness (QED) is 0.315. The summed E-state index contributed by atoms with van der Waals surface area (Å²) in [6.07, 6.45) is 2.79. The highest BCUT2D eigenvalue weighted by Crippen LogP contribution is 2.22. The number of nitrogens with two attached hydrogens (primary N) is 2. The molecule has 0 rings (SSSR count). The van der Waals surface area contributed by atoms with Gasteiger partial charge in [0.05, 0.1) is 23.5 Å². The molecular formula is C19H37N3O4. The van der Waals surface area contributed by atoms with E-state index in [0.717, 1.165) is 6.42 Å². The first-order valence-electron chi connectivity index (χ1n) is 9.41. The van der Waals surface area contributed by atoms with E-state index in [4.69, 9.17) is 16.2 Å². The zero-order chi connectivity index (χ0) is 20.4. The zero-order valence-corrected chi connectivity index (χ0v) is 17.0. The Morgan fingerprint density at radius 2 is 1.73 bits per heavy atom. The second-order valence-electron chi connectivity index (χ2n) is 8.00. The molecule has 1 atom stereocenters. The van der Waals surface area contributed by atoms with E-state index in [9.17, 15) is 14.4 Å². The Morgan fingerprint density at radius 3 is 2.23 bits per heavy atom. The van der Waals surface area contributed by atoms with Gasteiger partial charge in [0.1, 0.15) is 5.78 Å². The van der Waals surface area contributed by atoms with Crippen LogP contribution in [-0.4, -0.2) is 42.9 Å². The van der Waals surface area contributed by atoms with E-state index < -0.39 is 17.2 Å². The molecule has 152 valence electrons. The van der Waals surface area contributed by atoms with Crippen molar-refractivity contribution in [2.45, 2.75) is 72.3 Å². The average Bonchev–Trinajstić information content (AvgIpc) is 2.55. The van der Waals surface area contributed by atoms with Crippen LogP contribution in [0.15, 0.2) is 0 Å². The van der Waals surface area contributed by atoms with Gasteiger partial charge in [-0.2, -0.15) is 0 Å². The van der Waals surface area contributed by atoms with Gasteiger partial charge in [0.25, 0.3) is 0 Å². The van der Waals surface area contributed by atoms with Crippen LogP contribution in [0.5, 0.6) is 0 Å². The van der Waals surface area contributed by atoms with Gasteiger partial charge in [-0.05, 0) is 53.5 Å². The van der Waals surface area contributed by atoms with Crippen molar-refractivity contribution in [2.75, 3.05) is 19.7 Å². The van der Waals surface area contributed by atoms with Gasteiger partial charge in [-0.25, -0.2) is 0 Å². The lowest BCUT2D eigenvalue weighted by Gasteiger charge is -2.31. The van der Waals surface area contributed by atoms with Crippen LogP contribution in [0.4, 0.5) is 0 Å². The Balaban J connectivity index is 4.24. The van der Waals surface area contributed by atoms with Crippen LogP contribution in [0.25, 0.3) is 0 Å². The van der Waals surface area contributed by atoms with Crippen molar-refractivity contribution in [1.82, 2.24) is 5.32 Å². The van der Waals surface area contributed by atoms with Crippen molar-refractivity contribution in [3.63, 3.8) is 0 Å². The highest BCUT2D eigenvalue weighted by molar-refractivity contribution is 6.00. The molecule has 5 N–H and O–H groups in total. The number of hydrogen-bond acceptors (Lipinski definition) is 5. The van der Waals surface area contributed by atoms with E-state index in [1.54, 1.807) is 6.92 Å². The molecule has 0 radical (unpaired) electrons. The molecule has 26 heavy (non-hydrogen) atoms. The van der Waals surface area contributed by atoms with E-state index in [1.165, 1.54) is 0 Å². The maximum atomic E-state index is 12.4. The highest BCUT2D eigenvalue weighted by atomic mass is 16.5. The number of carbonyl (C=O) groups excluding carboxylic acids is 3. The van der Waals surface area contributed by atoms with Crippen LogP contribution in [0.2, 0.25) is 0 Å². The first-order chi connectivity index (χ1) is 12.0. The molecule has 0 bridgehead atoms. The van der Waals surface area contributed by atoms with Gasteiger partial charge in [0, 0.05) is 13.0 Å². The number of amides is 2. The van der Waals surface area contributed by atoms with Crippen LogP contribution in [0.3, 0.4) is 0 Å². The van der Waals surface area contributed by atoms with Gasteiger partial charge in [0.15, 0.2) is 0 Å². The molecule has 0 aliphatic heterocycles. The smallest absolute Gasteiger partial charge is 0.227 e. The normalized spacial score (nSPS) is 13.3. The number of hydrogen-bond donors (Lipinski definition) is 3. The third-order valence-electron chi connectivity index (χ3n) is 4.47. The van der Waals surface area contributed by atoms with Gasteiger partial charge < -0.3 is 21.5 Å². The third-order valence-corrected chi connectivity index (χ3v) is 4.47. The molecule has 7 heteroatoms. The molecule has 0 saturated heterocycles. The first-order valence-corrected chi connectivity index (χ1v) is 9.41. The van der Waals surface area contributed by atoms with Gasteiger partial charge in [-0.3, -0.25) is 14.4 Å². The third kappa shape index (κ3) is 9.29. The molecule has 7 nitrogen and oxygen atoms in total. The summed E-state index contributed by atoms with van der Waals surface area (Å²) in [5, 5.41) is 2.89. The summed E-state index contributed by atoms with van der Waals surface area (Å²) in [5.74, 6) is -1.50. The van der Waals surface area contributed by atoms with Crippen molar-refractivity contribution in [1.29, 1.82) is 0 Å². The molecule has 0 aromatic carbocycles. The Hall–Kier alpha value is -1.47. The minimum absolute atomic E-state index is 0.0860. The van der Waals surface area contributed by atoms with Crippen molar-refractivity contribution >= 4 is 17.6 Å². The molecule has 0 saturated carbocycles. The number of ether oxygens (including phenoxy) is 1. The van der Waals surface area contributed by atoms with Crippen molar-refractivity contribution in [3.05, 3.63) is 0 Å². The molecule has 0 aromatic heterocycles. The first kappa shape index (κ1) is 24.5. The zero-order valence-electron chi connectivity index (χ0n) is 17.0. The van der Waals surface area contributed by atoms with Crippen LogP contribution < -0.4 is 16.8 Å². The van der Waals surface area contributed by atoms with E-state index in [1.807, 2.05) is 27.7 Å². The molecule has 0 aromatic rings. The van der Waals surface area contributed by atoms with Crippen LogP contribution in [0.1, 0.15) is 66.7 Å². The van der Waals surface area contributed by atoms with Gasteiger partial charge >= 0.3 is 0 Å². The fourth-order valence-corrected chi connectivity index (χ4v) is 2.48. The molecule has 2 amide bonds. The summed E-state index contributed by atoms with van der Waals surface area (Å²) >= 11 is 0. The number of Topliss-reactive ketones (excluding diaryl/α,β-unsaturated/α-hetero) is 1. The van der Waals surface area contributed by atoms with Crippen molar-refractivity contribution in [3.8, 4) is 0 Å². The SMILES string of the molecule is CCC(=O)C(CCCCNC(=O)C(C)(C)COC(C)(C)CCN)C(N)=O. The van der Waals surface area contributed by atoms with Gasteiger partial charge in [0.2, 0.25) is 11.8 Å². The monoisotopic (exact) mass is 371 g/mol. The summed E-state index contributed by atoms with van der Waals surface area (Å²) in [7, 11) is 0. The molecule has 0 aliphatic rings. The second-order valence-corrected chi connectivity index (χ2v) is 8.00. The lowest BCUT2D eigenvalue weighted by molar-refractivity contribution is -0.137. The largest absolute Gasteiger partial charge is 0.374 e. The maximum Gasteiger partial charge on any atom is 0.227 e. The molecular weight excluding hydrogens is 334 g/mol. The minimum atomic E-state index is -0.717. The van der Waals surface area contributed by atoms with Crippen molar-refractivity contribution < 1.29 is 19.1 Å². The lowest BCUT2D eigenvalue weighted by Crippen LogP contribution is -2.43. The topological polar surface area (TPSA) is 125 Å². The van der Waals surface area contributed by atoms with Crippen LogP contribution in [0, 0.1) is 11.3 Å². The summed E-state index contributed by atoms with van der Waals surface area (Å²) in [6, 6.07) is 0. The molecule has 0 fully saturated rings. The van der Waals surface area contributed by atoms with Gasteiger partial charge in [-0.15, -0.1) is 0 Å². The van der Waals surface area contributed by atoms with E-state index in [0.29, 0.717) is 45.4 Å². The van der Waals surface area contributed by atoms with E-state index in [2.05, 4.69) is 5.32 Å². The summed E-state index contributed by atoms with van der Waals surface area (Å²) in [5.41, 5.74) is 9.83. The second kappa shape index (κ2) is 11.3. The fourth-order valence-electron chi connectivity index (χ4n) is 2.48. The number of unbranched alkanes of at least 4 members (excludes halogenated alkanes) is 1. The number of primary amides is 1. The van der Waals surface area contributed by atoms with Crippen molar-refractivity contribution in [2.24, 2.45) is 22.8 Å². The number of ketones is 1. The fraction of sp³-hybridized carbons (Fsp3) is 0.842. The summed E-state index contributed by atoms with van der Waals surface area (Å²) in [6.45, 7) is 10.6. The Labute approximate surface area is 157 Å². The highest BCUT2D eigenvalue weighted by Gasteiger charge is 2.30. The summed E-state index contributed by atoms with van der Waals surface area (Å²) in [4.78, 5) is 35.3. The molecule has 1 unspecified atom stereocenters. The maximum absolute atomic E-state index is 12.4. The molecule has 0 spiro atoms. The molecule has 0 aliphatic carbocycles. The number of carbonyl (C=O) groups is 3. The minimum Gasteiger partial charge on any atom is -0.374 e. The van der Waals surface area contributed by atoms with E-state index >= 15 is 0 Å². The average molecular weight is 372 g/mol. The lowest BCUT2D eigenvalue weighted by atomic mass is 9.92. The Morgan fingerprint density at radius 1 is 1.12 bits per heavy atom. The van der Waals surface area contributed by atoms with E-state index in [-0.39, 0.29) is 17.3 Å². The molecule has 0 heterocycles. The predicted molar refractivity (Wildman–Crippen MR) is 102 cm³/mol. The standard InChI is InChI=1S/C19H37N3O4/c1-6-15(23)14(16(21)24)9-7-8-12-22-17(25)18(2,3)13-26-19(4,5)10-11-20/h14H,6-13,20H2,1-5H3,(H2,21,24)(H,22,25). The summed E-state index contributed by atoms with van der Waals surface area (Å²) < 4.78 is 5.85. The van der Waals surface area contributed by atoms with Crippen LogP contribution in [-0.2, 0) is 19.1 Å². The predicted octanol–water partition coefficient (Wildman–Crippen LogP) is 1.52.